The minimum absolute atomic E-state index is 0.0985. The van der Waals surface area contributed by atoms with Crippen molar-refractivity contribution < 1.29 is 18.5 Å². The zero-order valence-electron chi connectivity index (χ0n) is 15.8. The first-order valence-electron chi connectivity index (χ1n) is 9.66. The number of carbonyl (C=O) groups is 2. The molecule has 148 valence electrons. The van der Waals surface area contributed by atoms with Gasteiger partial charge in [-0.25, -0.2) is 4.39 Å². The first-order valence-corrected chi connectivity index (χ1v) is 9.66. The van der Waals surface area contributed by atoms with E-state index in [9.17, 15) is 14.0 Å². The van der Waals surface area contributed by atoms with Gasteiger partial charge in [0, 0.05) is 18.7 Å². The molecule has 7 nitrogen and oxygen atoms in total. The highest BCUT2D eigenvalue weighted by molar-refractivity contribution is 6.00. The second kappa shape index (κ2) is 7.33. The zero-order chi connectivity index (χ0) is 19.7. The van der Waals surface area contributed by atoms with E-state index in [1.165, 1.54) is 17.0 Å². The maximum Gasteiger partial charge on any atom is 0.252 e. The Kier molecular flexibility index (Phi) is 4.87. The second-order valence-electron chi connectivity index (χ2n) is 7.66. The fraction of sp³-hybridized carbons (Fsp3) is 0.500. The summed E-state index contributed by atoms with van der Waals surface area (Å²) in [5, 5.41) is 7.00. The molecule has 2 aromatic rings. The predicted octanol–water partition coefficient (Wildman–Crippen LogP) is 2.85. The monoisotopic (exact) mass is 386 g/mol. The van der Waals surface area contributed by atoms with Crippen LogP contribution in [0.25, 0.3) is 0 Å². The summed E-state index contributed by atoms with van der Waals surface area (Å²) >= 11 is 0. The Morgan fingerprint density at radius 1 is 1.32 bits per heavy atom. The highest BCUT2D eigenvalue weighted by Crippen LogP contribution is 2.37. The summed E-state index contributed by atoms with van der Waals surface area (Å²) in [4.78, 5) is 31.3. The van der Waals surface area contributed by atoms with Crippen LogP contribution in [0.4, 0.5) is 10.1 Å². The molecule has 2 heterocycles. The van der Waals surface area contributed by atoms with E-state index in [1.807, 2.05) is 0 Å². The van der Waals surface area contributed by atoms with Gasteiger partial charge in [0.05, 0.1) is 5.92 Å². The van der Waals surface area contributed by atoms with Crippen molar-refractivity contribution >= 4 is 17.5 Å². The molecule has 28 heavy (non-hydrogen) atoms. The predicted molar refractivity (Wildman–Crippen MR) is 98.8 cm³/mol. The van der Waals surface area contributed by atoms with E-state index in [0.717, 1.165) is 32.1 Å². The number of nitrogens with one attached hydrogen (secondary N) is 1. The fourth-order valence-corrected chi connectivity index (χ4v) is 4.15. The first-order chi connectivity index (χ1) is 13.5. The number of anilines is 1. The molecule has 2 fully saturated rings. The smallest absolute Gasteiger partial charge is 0.252 e. The summed E-state index contributed by atoms with van der Waals surface area (Å²) in [6, 6.07) is 5.86. The van der Waals surface area contributed by atoms with Gasteiger partial charge in [-0.2, -0.15) is 4.98 Å². The molecular formula is C20H23FN4O3. The lowest BCUT2D eigenvalue weighted by Crippen LogP contribution is -2.50. The molecule has 0 radical (unpaired) electrons. The van der Waals surface area contributed by atoms with Crippen LogP contribution < -0.4 is 10.2 Å². The number of aromatic nitrogens is 2. The van der Waals surface area contributed by atoms with Crippen LogP contribution in [0.2, 0.25) is 0 Å². The lowest BCUT2D eigenvalue weighted by Gasteiger charge is -2.35. The third kappa shape index (κ3) is 3.50. The Morgan fingerprint density at radius 3 is 2.79 bits per heavy atom. The molecule has 2 aliphatic rings. The lowest BCUT2D eigenvalue weighted by atomic mass is 9.81. The van der Waals surface area contributed by atoms with Crippen molar-refractivity contribution in [2.24, 2.45) is 5.92 Å². The van der Waals surface area contributed by atoms with Gasteiger partial charge in [0.1, 0.15) is 11.4 Å². The van der Waals surface area contributed by atoms with Gasteiger partial charge < -0.3 is 14.7 Å². The third-order valence-electron chi connectivity index (χ3n) is 5.62. The summed E-state index contributed by atoms with van der Waals surface area (Å²) in [7, 11) is 0. The van der Waals surface area contributed by atoms with Gasteiger partial charge in [0.15, 0.2) is 5.82 Å². The normalized spacial score (nSPS) is 21.7. The third-order valence-corrected chi connectivity index (χ3v) is 5.62. The second-order valence-corrected chi connectivity index (χ2v) is 7.66. The molecule has 8 heteroatoms. The van der Waals surface area contributed by atoms with Crippen LogP contribution in [0.1, 0.15) is 50.2 Å². The van der Waals surface area contributed by atoms with Gasteiger partial charge in [-0.05, 0) is 38.0 Å². The van der Waals surface area contributed by atoms with Crippen molar-refractivity contribution in [3.8, 4) is 0 Å². The van der Waals surface area contributed by atoms with Crippen LogP contribution in [0.5, 0.6) is 0 Å². The Balaban J connectivity index is 1.51. The maximum atomic E-state index is 13.5. The quantitative estimate of drug-likeness (QED) is 0.873. The number of hydrogen-bond donors (Lipinski definition) is 1. The number of amides is 2. The van der Waals surface area contributed by atoms with E-state index >= 15 is 0 Å². The minimum Gasteiger partial charge on any atom is -0.341 e. The standard InChI is InChI=1S/C20H23FN4O3/c1-13-22-19(28-24-13)20(8-3-2-4-9-20)23-18(27)14-10-17(26)25(12-14)16-7-5-6-15(21)11-16/h5-7,11,14H,2-4,8-10,12H2,1H3,(H,23,27)/t14-/m0/s1. The Bertz CT molecular complexity index is 891. The molecule has 0 bridgehead atoms. The van der Waals surface area contributed by atoms with E-state index in [0.29, 0.717) is 17.4 Å². The van der Waals surface area contributed by atoms with Gasteiger partial charge in [-0.15, -0.1) is 0 Å². The van der Waals surface area contributed by atoms with E-state index in [4.69, 9.17) is 4.52 Å². The van der Waals surface area contributed by atoms with Crippen LogP contribution in [-0.4, -0.2) is 28.5 Å². The number of carbonyl (C=O) groups excluding carboxylic acids is 2. The Labute approximate surface area is 162 Å². The summed E-state index contributed by atoms with van der Waals surface area (Å²) in [5.74, 6) is -0.335. The molecule has 4 rings (SSSR count). The van der Waals surface area contributed by atoms with E-state index in [-0.39, 0.29) is 24.8 Å². The number of hydrogen-bond acceptors (Lipinski definition) is 5. The summed E-state index contributed by atoms with van der Waals surface area (Å²) in [5.41, 5.74) is -0.202. The van der Waals surface area contributed by atoms with Crippen LogP contribution in [0, 0.1) is 18.7 Å². The molecule has 1 aromatic carbocycles. The minimum atomic E-state index is -0.675. The van der Waals surface area contributed by atoms with E-state index < -0.39 is 17.3 Å². The molecule has 2 amide bonds. The largest absolute Gasteiger partial charge is 0.341 e. The van der Waals surface area contributed by atoms with Crippen LogP contribution in [-0.2, 0) is 15.1 Å². The van der Waals surface area contributed by atoms with Gasteiger partial charge in [0.25, 0.3) is 5.89 Å². The zero-order valence-corrected chi connectivity index (χ0v) is 15.8. The number of nitrogens with zero attached hydrogens (tertiary/aromatic N) is 3. The average molecular weight is 386 g/mol. The summed E-state index contributed by atoms with van der Waals surface area (Å²) in [6.45, 7) is 1.98. The van der Waals surface area contributed by atoms with Gasteiger partial charge in [-0.3, -0.25) is 9.59 Å². The number of aryl methyl sites for hydroxylation is 1. The molecule has 0 spiro atoms. The van der Waals surface area contributed by atoms with Gasteiger partial charge >= 0.3 is 0 Å². The Morgan fingerprint density at radius 2 is 2.11 bits per heavy atom. The van der Waals surface area contributed by atoms with Crippen molar-refractivity contribution in [1.82, 2.24) is 15.5 Å². The van der Waals surface area contributed by atoms with Crippen molar-refractivity contribution in [3.63, 3.8) is 0 Å². The average Bonchev–Trinajstić information content (AvgIpc) is 3.29. The molecule has 1 atom stereocenters. The Hall–Kier alpha value is -2.77. The topological polar surface area (TPSA) is 88.3 Å². The van der Waals surface area contributed by atoms with E-state index in [1.54, 1.807) is 19.1 Å². The van der Waals surface area contributed by atoms with Crippen LogP contribution >= 0.6 is 0 Å². The number of benzene rings is 1. The molecule has 0 unspecified atom stereocenters. The molecular weight excluding hydrogens is 363 g/mol. The summed E-state index contributed by atoms with van der Waals surface area (Å²) < 4.78 is 18.9. The lowest BCUT2D eigenvalue weighted by molar-refractivity contribution is -0.129. The van der Waals surface area contributed by atoms with Gasteiger partial charge in [-0.1, -0.05) is 30.5 Å². The molecule has 1 saturated carbocycles. The molecule has 1 N–H and O–H groups in total. The summed E-state index contributed by atoms with van der Waals surface area (Å²) in [6.07, 6.45) is 4.58. The highest BCUT2D eigenvalue weighted by Gasteiger charge is 2.44. The number of halogens is 1. The van der Waals surface area contributed by atoms with Crippen LogP contribution in [0.15, 0.2) is 28.8 Å². The first kappa shape index (κ1) is 18.6. The molecule has 1 aromatic heterocycles. The van der Waals surface area contributed by atoms with Crippen LogP contribution in [0.3, 0.4) is 0 Å². The molecule has 1 aliphatic carbocycles. The maximum absolute atomic E-state index is 13.5. The van der Waals surface area contributed by atoms with Crippen molar-refractivity contribution in [3.05, 3.63) is 41.8 Å². The molecule has 1 saturated heterocycles. The van der Waals surface area contributed by atoms with Crippen molar-refractivity contribution in [1.29, 1.82) is 0 Å². The van der Waals surface area contributed by atoms with Gasteiger partial charge in [0.2, 0.25) is 11.8 Å². The fourth-order valence-electron chi connectivity index (χ4n) is 4.15. The van der Waals surface area contributed by atoms with Crippen molar-refractivity contribution in [2.75, 3.05) is 11.4 Å². The highest BCUT2D eigenvalue weighted by atomic mass is 19.1. The number of rotatable bonds is 4. The SMILES string of the molecule is Cc1noc(C2(NC(=O)[C@H]3CC(=O)N(c4cccc(F)c4)C3)CCCCC2)n1. The van der Waals surface area contributed by atoms with Crippen molar-refractivity contribution in [2.45, 2.75) is 51.0 Å². The van der Waals surface area contributed by atoms with E-state index in [2.05, 4.69) is 15.5 Å². The molecule has 1 aliphatic heterocycles.